The van der Waals surface area contributed by atoms with Crippen LogP contribution in [0.15, 0.2) is 36.4 Å². The molecule has 0 unspecified atom stereocenters. The van der Waals surface area contributed by atoms with E-state index < -0.39 is 5.97 Å². The average Bonchev–Trinajstić information content (AvgIpc) is 2.75. The fraction of sp³-hybridized carbons (Fsp3) is 0.227. The number of nitrogen functional groups attached to an aromatic ring is 1. The number of aromatic nitrogens is 1. The summed E-state index contributed by atoms with van der Waals surface area (Å²) in [5.74, 6) is -0.0965. The number of carboxylic acids is 1. The van der Waals surface area contributed by atoms with E-state index in [0.717, 1.165) is 0 Å². The maximum absolute atomic E-state index is 12.6. The van der Waals surface area contributed by atoms with Crippen molar-refractivity contribution in [3.05, 3.63) is 53.2 Å². The first-order valence-electron chi connectivity index (χ1n) is 9.69. The molecule has 0 saturated heterocycles. The number of benzene rings is 2. The van der Waals surface area contributed by atoms with Crippen molar-refractivity contribution in [2.45, 2.75) is 6.92 Å². The number of nitrogens with two attached hydrogens (primary N) is 1. The van der Waals surface area contributed by atoms with Gasteiger partial charge in [-0.05, 0) is 31.2 Å². The number of amides is 1. The number of fused-ring (bicyclic) bond motifs is 2. The summed E-state index contributed by atoms with van der Waals surface area (Å²) in [7, 11) is 0. The number of nitrogens with one attached hydrogen (secondary N) is 1. The normalized spacial score (nSPS) is 12.4. The SMILES string of the molecule is Cc1nc2cccc(OCCNC(=O)c3cccc4c3OCCO4)c2c(N)c1C(=O)O. The van der Waals surface area contributed by atoms with E-state index in [1.165, 1.54) is 0 Å². The summed E-state index contributed by atoms with van der Waals surface area (Å²) >= 11 is 0. The van der Waals surface area contributed by atoms with Crippen LogP contribution < -0.4 is 25.3 Å². The van der Waals surface area contributed by atoms with Crippen LogP contribution in [-0.4, -0.2) is 48.3 Å². The molecular weight excluding hydrogens is 402 g/mol. The van der Waals surface area contributed by atoms with E-state index in [2.05, 4.69) is 10.3 Å². The van der Waals surface area contributed by atoms with E-state index in [0.29, 0.717) is 52.6 Å². The van der Waals surface area contributed by atoms with Crippen molar-refractivity contribution >= 4 is 28.5 Å². The molecule has 0 saturated carbocycles. The van der Waals surface area contributed by atoms with Crippen molar-refractivity contribution in [1.82, 2.24) is 10.3 Å². The standard InChI is InChI=1S/C22H21N3O6/c1-12-17(22(27)28)19(23)18-14(25-12)5-3-6-15(18)29-9-8-24-21(26)13-4-2-7-16-20(13)31-11-10-30-16/h2-7H,8-11H2,1H3,(H2,23,25)(H,24,26)(H,27,28). The molecule has 1 aliphatic heterocycles. The number of rotatable bonds is 6. The van der Waals surface area contributed by atoms with E-state index in [9.17, 15) is 14.7 Å². The topological polar surface area (TPSA) is 133 Å². The van der Waals surface area contributed by atoms with E-state index in [-0.39, 0.29) is 30.3 Å². The number of carboxylic acid groups (broad SMARTS) is 1. The molecule has 1 aliphatic rings. The van der Waals surface area contributed by atoms with Crippen LogP contribution in [0.2, 0.25) is 0 Å². The summed E-state index contributed by atoms with van der Waals surface area (Å²) in [6.45, 7) is 2.78. The second-order valence-electron chi connectivity index (χ2n) is 6.88. The molecule has 4 rings (SSSR count). The number of ether oxygens (including phenoxy) is 3. The number of pyridine rings is 1. The molecule has 0 radical (unpaired) electrons. The first kappa shape index (κ1) is 20.3. The summed E-state index contributed by atoms with van der Waals surface area (Å²) in [6.07, 6.45) is 0. The molecule has 4 N–H and O–H groups in total. The van der Waals surface area contributed by atoms with Crippen LogP contribution in [0.3, 0.4) is 0 Å². The maximum atomic E-state index is 12.6. The molecule has 2 heterocycles. The molecule has 1 aromatic heterocycles. The Kier molecular flexibility index (Phi) is 5.48. The van der Waals surface area contributed by atoms with Crippen molar-refractivity contribution in [3.8, 4) is 17.2 Å². The lowest BCUT2D eigenvalue weighted by Crippen LogP contribution is -2.29. The number of para-hydroxylation sites is 1. The molecule has 9 nitrogen and oxygen atoms in total. The van der Waals surface area contributed by atoms with Gasteiger partial charge in [0.1, 0.15) is 31.1 Å². The summed E-state index contributed by atoms with van der Waals surface area (Å²) in [4.78, 5) is 28.4. The van der Waals surface area contributed by atoms with Gasteiger partial charge in [0.2, 0.25) is 0 Å². The molecule has 0 spiro atoms. The van der Waals surface area contributed by atoms with Crippen LogP contribution in [0.25, 0.3) is 10.9 Å². The first-order valence-corrected chi connectivity index (χ1v) is 9.69. The third kappa shape index (κ3) is 3.89. The zero-order chi connectivity index (χ0) is 22.0. The summed E-state index contributed by atoms with van der Waals surface area (Å²) < 4.78 is 16.9. The van der Waals surface area contributed by atoms with Crippen molar-refractivity contribution in [2.75, 3.05) is 32.1 Å². The van der Waals surface area contributed by atoms with Gasteiger partial charge in [0.05, 0.1) is 34.4 Å². The van der Waals surface area contributed by atoms with E-state index in [1.54, 1.807) is 43.3 Å². The molecule has 0 atom stereocenters. The monoisotopic (exact) mass is 423 g/mol. The van der Waals surface area contributed by atoms with Gasteiger partial charge in [-0.25, -0.2) is 4.79 Å². The number of nitrogens with zero attached hydrogens (tertiary/aromatic N) is 1. The number of hydrogen-bond acceptors (Lipinski definition) is 7. The molecule has 3 aromatic rings. The Hall–Kier alpha value is -4.01. The Morgan fingerprint density at radius 1 is 1.19 bits per heavy atom. The Labute approximate surface area is 177 Å². The third-order valence-electron chi connectivity index (χ3n) is 4.86. The van der Waals surface area contributed by atoms with Gasteiger partial charge in [-0.15, -0.1) is 0 Å². The zero-order valence-electron chi connectivity index (χ0n) is 16.8. The molecule has 0 fully saturated rings. The molecule has 9 heteroatoms. The van der Waals surface area contributed by atoms with Gasteiger partial charge in [0.15, 0.2) is 11.5 Å². The van der Waals surface area contributed by atoms with E-state index >= 15 is 0 Å². The Balaban J connectivity index is 1.46. The fourth-order valence-electron chi connectivity index (χ4n) is 3.50. The Morgan fingerprint density at radius 2 is 1.97 bits per heavy atom. The van der Waals surface area contributed by atoms with Crippen molar-refractivity contribution in [1.29, 1.82) is 0 Å². The maximum Gasteiger partial charge on any atom is 0.339 e. The highest BCUT2D eigenvalue weighted by Crippen LogP contribution is 2.34. The minimum atomic E-state index is -1.15. The van der Waals surface area contributed by atoms with Gasteiger partial charge in [-0.1, -0.05) is 12.1 Å². The number of hydrogen-bond donors (Lipinski definition) is 3. The number of aromatic carboxylic acids is 1. The number of carbonyl (C=O) groups excluding carboxylic acids is 1. The molecule has 1 amide bonds. The quantitative estimate of drug-likeness (QED) is 0.515. The molecule has 31 heavy (non-hydrogen) atoms. The van der Waals surface area contributed by atoms with E-state index in [4.69, 9.17) is 19.9 Å². The minimum absolute atomic E-state index is 0.0482. The average molecular weight is 423 g/mol. The first-order chi connectivity index (χ1) is 15.0. The number of aryl methyl sites for hydroxylation is 1. The van der Waals surface area contributed by atoms with Crippen molar-refractivity contribution in [2.24, 2.45) is 0 Å². The second kappa shape index (κ2) is 8.39. The largest absolute Gasteiger partial charge is 0.491 e. The van der Waals surface area contributed by atoms with Gasteiger partial charge in [-0.2, -0.15) is 0 Å². The lowest BCUT2D eigenvalue weighted by molar-refractivity contribution is 0.0696. The van der Waals surface area contributed by atoms with Crippen LogP contribution in [0.4, 0.5) is 5.69 Å². The second-order valence-corrected chi connectivity index (χ2v) is 6.88. The van der Waals surface area contributed by atoms with Crippen LogP contribution in [0.5, 0.6) is 17.2 Å². The number of carbonyl (C=O) groups is 2. The van der Waals surface area contributed by atoms with Crippen LogP contribution in [0, 0.1) is 6.92 Å². The highest BCUT2D eigenvalue weighted by atomic mass is 16.6. The van der Waals surface area contributed by atoms with Gasteiger partial charge >= 0.3 is 5.97 Å². The van der Waals surface area contributed by atoms with Crippen LogP contribution >= 0.6 is 0 Å². The van der Waals surface area contributed by atoms with Gasteiger partial charge in [-0.3, -0.25) is 9.78 Å². The summed E-state index contributed by atoms with van der Waals surface area (Å²) in [6, 6.07) is 10.3. The smallest absolute Gasteiger partial charge is 0.339 e. The molecule has 0 aliphatic carbocycles. The highest BCUT2D eigenvalue weighted by Gasteiger charge is 2.21. The Morgan fingerprint density at radius 3 is 2.77 bits per heavy atom. The third-order valence-corrected chi connectivity index (χ3v) is 4.86. The fourth-order valence-corrected chi connectivity index (χ4v) is 3.50. The molecule has 2 aromatic carbocycles. The summed E-state index contributed by atoms with van der Waals surface area (Å²) in [5, 5.41) is 12.6. The lowest BCUT2D eigenvalue weighted by atomic mass is 10.1. The number of anilines is 1. The van der Waals surface area contributed by atoms with E-state index in [1.807, 2.05) is 0 Å². The zero-order valence-corrected chi connectivity index (χ0v) is 16.8. The van der Waals surface area contributed by atoms with Gasteiger partial charge in [0.25, 0.3) is 5.91 Å². The predicted octanol–water partition coefficient (Wildman–Crippen LogP) is 2.40. The Bertz CT molecular complexity index is 1180. The predicted molar refractivity (Wildman–Crippen MR) is 113 cm³/mol. The van der Waals surface area contributed by atoms with Crippen LogP contribution in [-0.2, 0) is 0 Å². The molecule has 160 valence electrons. The molecular formula is C22H21N3O6. The minimum Gasteiger partial charge on any atom is -0.491 e. The summed E-state index contributed by atoms with van der Waals surface area (Å²) in [5.41, 5.74) is 7.43. The van der Waals surface area contributed by atoms with Gasteiger partial charge < -0.3 is 30.4 Å². The highest BCUT2D eigenvalue weighted by molar-refractivity contribution is 6.06. The van der Waals surface area contributed by atoms with Crippen molar-refractivity contribution in [3.63, 3.8) is 0 Å². The van der Waals surface area contributed by atoms with Crippen molar-refractivity contribution < 1.29 is 28.9 Å². The van der Waals surface area contributed by atoms with Gasteiger partial charge in [0, 0.05) is 0 Å². The lowest BCUT2D eigenvalue weighted by Gasteiger charge is -2.20. The molecule has 0 bridgehead atoms. The van der Waals surface area contributed by atoms with Crippen LogP contribution in [0.1, 0.15) is 26.4 Å².